The van der Waals surface area contributed by atoms with E-state index in [4.69, 9.17) is 5.73 Å². The Morgan fingerprint density at radius 3 is 2.58 bits per heavy atom. The predicted molar refractivity (Wildman–Crippen MR) is 99.1 cm³/mol. The van der Waals surface area contributed by atoms with Crippen LogP contribution in [0.15, 0.2) is 36.5 Å². The number of hydrogen-bond donors (Lipinski definition) is 2. The Balaban J connectivity index is 1.66. The molecule has 8 nitrogen and oxygen atoms in total. The maximum atomic E-state index is 5.90. The van der Waals surface area contributed by atoms with Gasteiger partial charge in [-0.15, -0.1) is 5.10 Å². The van der Waals surface area contributed by atoms with Gasteiger partial charge in [0.25, 0.3) is 0 Å². The Morgan fingerprint density at radius 1 is 1.08 bits per heavy atom. The summed E-state index contributed by atoms with van der Waals surface area (Å²) in [6, 6.07) is 9.82. The van der Waals surface area contributed by atoms with Crippen LogP contribution >= 0.6 is 0 Å². The smallest absolute Gasteiger partial charge is 0.183 e. The van der Waals surface area contributed by atoms with Gasteiger partial charge in [0.2, 0.25) is 0 Å². The van der Waals surface area contributed by atoms with Crippen molar-refractivity contribution in [3.8, 4) is 22.8 Å². The van der Waals surface area contributed by atoms with Crippen LogP contribution in [0.2, 0.25) is 0 Å². The zero-order chi connectivity index (χ0) is 18.3. The number of nitrogens with two attached hydrogens (primary N) is 1. The highest BCUT2D eigenvalue weighted by Crippen LogP contribution is 2.24. The molecule has 0 aliphatic rings. The van der Waals surface area contributed by atoms with E-state index in [9.17, 15) is 0 Å². The third-order valence-electron chi connectivity index (χ3n) is 4.25. The Hall–Kier alpha value is -3.13. The summed E-state index contributed by atoms with van der Waals surface area (Å²) in [6.07, 6.45) is 1.57. The highest BCUT2D eigenvalue weighted by Gasteiger charge is 2.12. The minimum absolute atomic E-state index is 0.232. The van der Waals surface area contributed by atoms with E-state index >= 15 is 0 Å². The van der Waals surface area contributed by atoms with Crippen molar-refractivity contribution >= 4 is 11.0 Å². The topological polar surface area (TPSA) is 111 Å². The van der Waals surface area contributed by atoms with Crippen molar-refractivity contribution in [2.45, 2.75) is 32.9 Å². The molecule has 0 aliphatic heterocycles. The molecule has 8 heteroatoms. The monoisotopic (exact) mass is 348 g/mol. The average Bonchev–Trinajstić information content (AvgIpc) is 3.28. The number of aromatic nitrogens is 7. The van der Waals surface area contributed by atoms with Crippen molar-refractivity contribution in [1.29, 1.82) is 0 Å². The van der Waals surface area contributed by atoms with E-state index in [1.165, 1.54) is 0 Å². The summed E-state index contributed by atoms with van der Waals surface area (Å²) in [7, 11) is 0. The van der Waals surface area contributed by atoms with E-state index in [-0.39, 0.29) is 6.17 Å². The van der Waals surface area contributed by atoms with Crippen LogP contribution in [0.5, 0.6) is 0 Å². The summed E-state index contributed by atoms with van der Waals surface area (Å²) in [5.41, 5.74) is 10.4. The quantitative estimate of drug-likeness (QED) is 0.586. The van der Waals surface area contributed by atoms with Gasteiger partial charge in [-0.05, 0) is 43.2 Å². The molecule has 0 bridgehead atoms. The third-order valence-corrected chi connectivity index (χ3v) is 4.25. The number of nitrogens with one attached hydrogen (secondary N) is 1. The van der Waals surface area contributed by atoms with Crippen LogP contribution in [-0.4, -0.2) is 35.2 Å². The number of benzene rings is 1. The molecular weight excluding hydrogens is 328 g/mol. The average molecular weight is 348 g/mol. The molecule has 1 atom stereocenters. The van der Waals surface area contributed by atoms with Crippen molar-refractivity contribution in [2.24, 2.45) is 5.73 Å². The van der Waals surface area contributed by atoms with Gasteiger partial charge >= 0.3 is 0 Å². The van der Waals surface area contributed by atoms with Crippen LogP contribution in [-0.2, 0) is 0 Å². The van der Waals surface area contributed by atoms with Gasteiger partial charge in [-0.2, -0.15) is 5.10 Å². The van der Waals surface area contributed by atoms with E-state index in [0.717, 1.165) is 27.9 Å². The number of nitrogens with zero attached hydrogens (tertiary/aromatic N) is 6. The largest absolute Gasteiger partial charge is 0.310 e. The molecule has 0 saturated heterocycles. The minimum atomic E-state index is -0.232. The van der Waals surface area contributed by atoms with Crippen molar-refractivity contribution < 1.29 is 0 Å². The molecule has 4 rings (SSSR count). The molecule has 1 aromatic carbocycles. The van der Waals surface area contributed by atoms with Crippen LogP contribution in [0.1, 0.15) is 38.5 Å². The van der Waals surface area contributed by atoms with Crippen LogP contribution < -0.4 is 5.73 Å². The number of H-pyrrole nitrogens is 1. The standard InChI is InChI=1S/C18H20N8/c1-10(2)14-6-4-13(9-20-14)18-21-17(23-24-18)12-5-7-16-15(8-12)22-25-26(16)11(3)19/h4-11H,19H2,1-3H3,(H,21,23,24). The molecule has 0 fully saturated rings. The van der Waals surface area contributed by atoms with Crippen LogP contribution in [0.3, 0.4) is 0 Å². The van der Waals surface area contributed by atoms with E-state index in [1.807, 2.05) is 37.3 Å². The van der Waals surface area contributed by atoms with Crippen molar-refractivity contribution in [3.63, 3.8) is 0 Å². The zero-order valence-corrected chi connectivity index (χ0v) is 14.9. The second kappa shape index (κ2) is 6.30. The van der Waals surface area contributed by atoms with Gasteiger partial charge in [0.15, 0.2) is 11.6 Å². The minimum Gasteiger partial charge on any atom is -0.310 e. The fraction of sp³-hybridized carbons (Fsp3) is 0.278. The number of aromatic amines is 1. The van der Waals surface area contributed by atoms with Crippen LogP contribution in [0.25, 0.3) is 33.8 Å². The van der Waals surface area contributed by atoms with E-state index in [0.29, 0.717) is 17.6 Å². The lowest BCUT2D eigenvalue weighted by molar-refractivity contribution is 0.508. The van der Waals surface area contributed by atoms with Gasteiger partial charge in [0.05, 0.1) is 11.7 Å². The first-order valence-corrected chi connectivity index (χ1v) is 8.52. The van der Waals surface area contributed by atoms with E-state index in [1.54, 1.807) is 10.9 Å². The Bertz CT molecular complexity index is 1040. The number of fused-ring (bicyclic) bond motifs is 1. The Kier molecular flexibility index (Phi) is 3.96. The van der Waals surface area contributed by atoms with Gasteiger partial charge < -0.3 is 5.73 Å². The van der Waals surface area contributed by atoms with Crippen LogP contribution in [0.4, 0.5) is 0 Å². The summed E-state index contributed by atoms with van der Waals surface area (Å²) in [5.74, 6) is 1.68. The first-order valence-electron chi connectivity index (χ1n) is 8.52. The first-order chi connectivity index (χ1) is 12.5. The van der Waals surface area contributed by atoms with E-state index < -0.39 is 0 Å². The van der Waals surface area contributed by atoms with Crippen LogP contribution in [0, 0.1) is 0 Å². The molecule has 3 heterocycles. The molecule has 1 unspecified atom stereocenters. The summed E-state index contributed by atoms with van der Waals surface area (Å²) < 4.78 is 1.69. The molecule has 26 heavy (non-hydrogen) atoms. The highest BCUT2D eigenvalue weighted by molar-refractivity contribution is 5.80. The molecule has 0 spiro atoms. The molecule has 3 N–H and O–H groups in total. The van der Waals surface area contributed by atoms with Gasteiger partial charge in [0.1, 0.15) is 5.52 Å². The number of rotatable bonds is 4. The highest BCUT2D eigenvalue weighted by atomic mass is 15.5. The lowest BCUT2D eigenvalue weighted by Crippen LogP contribution is -2.15. The molecular formula is C18H20N8. The first kappa shape index (κ1) is 16.3. The fourth-order valence-corrected chi connectivity index (χ4v) is 2.79. The lowest BCUT2D eigenvalue weighted by Gasteiger charge is -2.05. The van der Waals surface area contributed by atoms with E-state index in [2.05, 4.69) is 44.3 Å². The second-order valence-electron chi connectivity index (χ2n) is 6.61. The summed E-state index contributed by atoms with van der Waals surface area (Å²) in [4.78, 5) is 9.06. The Labute approximate surface area is 150 Å². The normalized spacial score (nSPS) is 12.8. The third kappa shape index (κ3) is 2.84. The van der Waals surface area contributed by atoms with Crippen molar-refractivity contribution in [3.05, 3.63) is 42.2 Å². The lowest BCUT2D eigenvalue weighted by atomic mass is 10.1. The zero-order valence-electron chi connectivity index (χ0n) is 14.9. The van der Waals surface area contributed by atoms with Gasteiger partial charge in [-0.3, -0.25) is 10.1 Å². The summed E-state index contributed by atoms with van der Waals surface area (Å²) in [5, 5.41) is 15.6. The molecule has 0 aliphatic carbocycles. The predicted octanol–water partition coefficient (Wildman–Crippen LogP) is 2.88. The molecule has 0 radical (unpaired) electrons. The second-order valence-corrected chi connectivity index (χ2v) is 6.61. The summed E-state index contributed by atoms with van der Waals surface area (Å²) in [6.45, 7) is 6.10. The molecule has 4 aromatic rings. The van der Waals surface area contributed by atoms with Gasteiger partial charge in [-0.1, -0.05) is 19.1 Å². The van der Waals surface area contributed by atoms with Gasteiger partial charge in [-0.25, -0.2) is 9.67 Å². The molecule has 132 valence electrons. The molecule has 0 amide bonds. The number of pyridine rings is 1. The Morgan fingerprint density at radius 2 is 1.88 bits per heavy atom. The summed E-state index contributed by atoms with van der Waals surface area (Å²) >= 11 is 0. The molecule has 3 aromatic heterocycles. The maximum Gasteiger partial charge on any atom is 0.183 e. The van der Waals surface area contributed by atoms with Crippen molar-refractivity contribution in [1.82, 2.24) is 35.2 Å². The maximum absolute atomic E-state index is 5.90. The SMILES string of the molecule is CC(C)c1ccc(-c2n[nH]c(-c3ccc4c(c3)nnn4C(C)N)n2)cn1. The molecule has 0 saturated carbocycles. The fourth-order valence-electron chi connectivity index (χ4n) is 2.79. The van der Waals surface area contributed by atoms with Crippen molar-refractivity contribution in [2.75, 3.05) is 0 Å². The van der Waals surface area contributed by atoms with Gasteiger partial charge in [0, 0.05) is 23.0 Å². The number of hydrogen-bond acceptors (Lipinski definition) is 6.